The van der Waals surface area contributed by atoms with Crippen LogP contribution in [0.2, 0.25) is 0 Å². The SMILES string of the molecule is CNc1c(C(=O)C2CNCCN2)cc(C(NC)c2ccccc2C#N)c(C(=O)C2CNCCN2)c1NC. The normalized spacial score (nSPS) is 20.5. The fraction of sp³-hybridized carbons (Fsp3) is 0.444. The van der Waals surface area contributed by atoms with Crippen molar-refractivity contribution in [2.24, 2.45) is 0 Å². The van der Waals surface area contributed by atoms with Crippen LogP contribution in [0.4, 0.5) is 11.4 Å². The first-order chi connectivity index (χ1) is 18.0. The molecule has 0 radical (unpaired) electrons. The molecular formula is C27H36N8O2. The number of nitrogens with one attached hydrogen (secondary N) is 7. The lowest BCUT2D eigenvalue weighted by Gasteiger charge is -2.31. The molecule has 2 heterocycles. The van der Waals surface area contributed by atoms with Crippen molar-refractivity contribution in [1.82, 2.24) is 26.6 Å². The van der Waals surface area contributed by atoms with Gasteiger partial charge in [-0.05, 0) is 30.3 Å². The Morgan fingerprint density at radius 2 is 1.51 bits per heavy atom. The summed E-state index contributed by atoms with van der Waals surface area (Å²) >= 11 is 0. The van der Waals surface area contributed by atoms with Gasteiger partial charge < -0.3 is 37.2 Å². The molecule has 0 spiro atoms. The average molecular weight is 505 g/mol. The Kier molecular flexibility index (Phi) is 8.87. The molecule has 2 saturated heterocycles. The minimum atomic E-state index is -0.492. The second-order valence-electron chi connectivity index (χ2n) is 9.21. The molecule has 0 bridgehead atoms. The quantitative estimate of drug-likeness (QED) is 0.241. The number of hydrogen-bond acceptors (Lipinski definition) is 10. The average Bonchev–Trinajstić information content (AvgIpc) is 2.97. The molecule has 0 aromatic heterocycles. The number of piperazine rings is 2. The Morgan fingerprint density at radius 1 is 0.892 bits per heavy atom. The molecule has 2 aliphatic heterocycles. The predicted octanol–water partition coefficient (Wildman–Crippen LogP) is 0.439. The molecule has 2 aromatic rings. The number of nitrogens with zero attached hydrogens (tertiary/aromatic N) is 1. The summed E-state index contributed by atoms with van der Waals surface area (Å²) in [6.07, 6.45) is 0. The van der Waals surface area contributed by atoms with Crippen molar-refractivity contribution in [2.45, 2.75) is 18.1 Å². The van der Waals surface area contributed by atoms with Crippen LogP contribution in [0, 0.1) is 11.3 Å². The van der Waals surface area contributed by atoms with Gasteiger partial charge in [0.05, 0.1) is 41.1 Å². The van der Waals surface area contributed by atoms with Gasteiger partial charge in [0.1, 0.15) is 0 Å². The lowest BCUT2D eigenvalue weighted by Crippen LogP contribution is -2.53. The minimum absolute atomic E-state index is 0.0609. The van der Waals surface area contributed by atoms with Crippen LogP contribution in [-0.4, -0.2) is 84.1 Å². The van der Waals surface area contributed by atoms with Crippen LogP contribution < -0.4 is 37.2 Å². The molecule has 0 amide bonds. The second kappa shape index (κ2) is 12.3. The van der Waals surface area contributed by atoms with E-state index in [0.29, 0.717) is 59.8 Å². The van der Waals surface area contributed by atoms with E-state index in [0.717, 1.165) is 18.7 Å². The van der Waals surface area contributed by atoms with E-state index in [1.54, 1.807) is 27.2 Å². The van der Waals surface area contributed by atoms with Crippen molar-refractivity contribution in [3.05, 3.63) is 58.1 Å². The Morgan fingerprint density at radius 3 is 2.05 bits per heavy atom. The molecule has 3 atom stereocenters. The largest absolute Gasteiger partial charge is 0.386 e. The Hall–Kier alpha value is -3.33. The summed E-state index contributed by atoms with van der Waals surface area (Å²) in [6.45, 7) is 4.01. The first-order valence-corrected chi connectivity index (χ1v) is 12.7. The van der Waals surface area contributed by atoms with E-state index < -0.39 is 12.1 Å². The molecule has 0 aliphatic carbocycles. The molecule has 2 fully saturated rings. The maximum atomic E-state index is 14.1. The molecule has 10 nitrogen and oxygen atoms in total. The zero-order valence-corrected chi connectivity index (χ0v) is 21.6. The van der Waals surface area contributed by atoms with Crippen LogP contribution in [0.5, 0.6) is 0 Å². The number of Topliss-reactive ketones (excluding diaryl/α,β-unsaturated/α-hetero) is 2. The Balaban J connectivity index is 1.96. The van der Waals surface area contributed by atoms with E-state index in [1.807, 2.05) is 24.3 Å². The summed E-state index contributed by atoms with van der Waals surface area (Å²) in [5.41, 5.74) is 4.03. The molecule has 3 unspecified atom stereocenters. The van der Waals surface area contributed by atoms with Crippen LogP contribution in [0.3, 0.4) is 0 Å². The number of ketones is 2. The van der Waals surface area contributed by atoms with Crippen molar-refractivity contribution < 1.29 is 9.59 Å². The fourth-order valence-corrected chi connectivity index (χ4v) is 5.27. The van der Waals surface area contributed by atoms with Gasteiger partial charge in [-0.1, -0.05) is 18.2 Å². The zero-order valence-electron chi connectivity index (χ0n) is 21.6. The number of nitriles is 1. The third kappa shape index (κ3) is 5.37. The van der Waals surface area contributed by atoms with Crippen molar-refractivity contribution >= 4 is 22.9 Å². The van der Waals surface area contributed by atoms with Crippen molar-refractivity contribution in [3.8, 4) is 6.07 Å². The highest BCUT2D eigenvalue weighted by Gasteiger charge is 2.34. The summed E-state index contributed by atoms with van der Waals surface area (Å²) in [7, 11) is 5.32. The first-order valence-electron chi connectivity index (χ1n) is 12.7. The van der Waals surface area contributed by atoms with Gasteiger partial charge in [-0.15, -0.1) is 0 Å². The van der Waals surface area contributed by atoms with Gasteiger partial charge in [-0.3, -0.25) is 9.59 Å². The summed E-state index contributed by atoms with van der Waals surface area (Å²) in [5, 5.41) is 32.7. The number of carbonyl (C=O) groups is 2. The van der Waals surface area contributed by atoms with Crippen LogP contribution in [0.1, 0.15) is 43.4 Å². The third-order valence-corrected chi connectivity index (χ3v) is 7.08. The molecule has 4 rings (SSSR count). The van der Waals surface area contributed by atoms with Gasteiger partial charge in [0.15, 0.2) is 11.6 Å². The maximum Gasteiger partial charge on any atom is 0.183 e. The first kappa shape index (κ1) is 26.7. The third-order valence-electron chi connectivity index (χ3n) is 7.08. The van der Waals surface area contributed by atoms with Crippen LogP contribution in [0.15, 0.2) is 30.3 Å². The van der Waals surface area contributed by atoms with Crippen LogP contribution in [0.25, 0.3) is 0 Å². The Bertz CT molecular complexity index is 1180. The van der Waals surface area contributed by atoms with E-state index in [9.17, 15) is 14.9 Å². The highest BCUT2D eigenvalue weighted by atomic mass is 16.1. The van der Waals surface area contributed by atoms with E-state index in [2.05, 4.69) is 43.3 Å². The summed E-state index contributed by atoms with van der Waals surface area (Å²) < 4.78 is 0. The van der Waals surface area contributed by atoms with E-state index in [1.165, 1.54) is 0 Å². The number of rotatable bonds is 9. The van der Waals surface area contributed by atoms with Crippen molar-refractivity contribution in [3.63, 3.8) is 0 Å². The highest BCUT2D eigenvalue weighted by molar-refractivity contribution is 6.14. The van der Waals surface area contributed by atoms with Crippen molar-refractivity contribution in [2.75, 3.05) is 71.0 Å². The lowest BCUT2D eigenvalue weighted by atomic mass is 9.84. The molecule has 2 aromatic carbocycles. The smallest absolute Gasteiger partial charge is 0.183 e. The number of benzene rings is 2. The summed E-state index contributed by atoms with van der Waals surface area (Å²) in [6, 6.07) is 10.1. The van der Waals surface area contributed by atoms with Gasteiger partial charge >= 0.3 is 0 Å². The van der Waals surface area contributed by atoms with Crippen molar-refractivity contribution in [1.29, 1.82) is 5.26 Å². The fourth-order valence-electron chi connectivity index (χ4n) is 5.27. The summed E-state index contributed by atoms with van der Waals surface area (Å²) in [4.78, 5) is 27.9. The predicted molar refractivity (Wildman–Crippen MR) is 146 cm³/mol. The number of anilines is 2. The molecule has 7 N–H and O–H groups in total. The summed E-state index contributed by atoms with van der Waals surface area (Å²) in [5.74, 6) is -0.136. The molecule has 0 saturated carbocycles. The molecule has 10 heteroatoms. The Labute approximate surface area is 218 Å². The van der Waals surface area contributed by atoms with Gasteiger partial charge in [0.25, 0.3) is 0 Å². The zero-order chi connectivity index (χ0) is 26.4. The molecule has 37 heavy (non-hydrogen) atoms. The van der Waals surface area contributed by atoms with Crippen LogP contribution >= 0.6 is 0 Å². The number of carbonyl (C=O) groups excluding carboxylic acids is 2. The lowest BCUT2D eigenvalue weighted by molar-refractivity contribution is 0.0923. The number of hydrogen-bond donors (Lipinski definition) is 7. The van der Waals surface area contributed by atoms with E-state index in [-0.39, 0.29) is 17.6 Å². The van der Waals surface area contributed by atoms with E-state index >= 15 is 0 Å². The van der Waals surface area contributed by atoms with Gasteiger partial charge in [0, 0.05) is 64.5 Å². The van der Waals surface area contributed by atoms with E-state index in [4.69, 9.17) is 0 Å². The highest BCUT2D eigenvalue weighted by Crippen LogP contribution is 2.39. The molecular weight excluding hydrogens is 468 g/mol. The van der Waals surface area contributed by atoms with Gasteiger partial charge in [0.2, 0.25) is 0 Å². The second-order valence-corrected chi connectivity index (χ2v) is 9.21. The maximum absolute atomic E-state index is 14.1. The van der Waals surface area contributed by atoms with Crippen LogP contribution in [-0.2, 0) is 0 Å². The van der Waals surface area contributed by atoms with Gasteiger partial charge in [-0.25, -0.2) is 0 Å². The molecule has 196 valence electrons. The molecule has 2 aliphatic rings. The minimum Gasteiger partial charge on any atom is -0.386 e. The topological polar surface area (TPSA) is 142 Å². The van der Waals surface area contributed by atoms with Gasteiger partial charge in [-0.2, -0.15) is 5.26 Å². The monoisotopic (exact) mass is 504 g/mol. The standard InChI is InChI=1S/C27H36N8O2/c1-29-23(17-7-5-4-6-16(17)13-28)18-12-19(26(36)20-14-32-8-10-34-20)24(30-2)25(31-3)22(18)27(37)21-15-33-9-11-35-21/h4-7,12,20-21,23,29-35H,8-11,14-15H2,1-3H3.